The number of methoxy groups -OCH3 is 1. The van der Waals surface area contributed by atoms with E-state index in [1.807, 2.05) is 30.3 Å². The summed E-state index contributed by atoms with van der Waals surface area (Å²) in [6, 6.07) is 9.92. The van der Waals surface area contributed by atoms with E-state index < -0.39 is 8.32 Å². The molecule has 1 amide bonds. The van der Waals surface area contributed by atoms with Gasteiger partial charge in [-0.15, -0.1) is 0 Å². The maximum atomic E-state index is 12.4. The van der Waals surface area contributed by atoms with Crippen molar-refractivity contribution in [1.29, 1.82) is 0 Å². The molecule has 0 saturated carbocycles. The number of rotatable bonds is 12. The molecule has 0 bridgehead atoms. The summed E-state index contributed by atoms with van der Waals surface area (Å²) in [5.74, 6) is -0.251. The Labute approximate surface area is 193 Å². The van der Waals surface area contributed by atoms with Gasteiger partial charge in [0.25, 0.3) is 0 Å². The number of amides is 1. The van der Waals surface area contributed by atoms with Gasteiger partial charge >= 0.3 is 12.1 Å². The second kappa shape index (κ2) is 11.8. The maximum Gasteiger partial charge on any atom is 0.424 e. The first kappa shape index (κ1) is 26.4. The Bertz CT molecular complexity index is 736. The number of carbonyl (C=O) groups is 2. The zero-order valence-electron chi connectivity index (χ0n) is 20.5. The molecule has 1 saturated heterocycles. The Hall–Kier alpha value is -1.90. The van der Waals surface area contributed by atoms with Crippen LogP contribution in [-0.4, -0.2) is 57.8 Å². The molecule has 32 heavy (non-hydrogen) atoms. The quantitative estimate of drug-likeness (QED) is 0.275. The summed E-state index contributed by atoms with van der Waals surface area (Å²) < 4.78 is 16.4. The molecule has 0 aliphatic carbocycles. The smallest absolute Gasteiger partial charge is 0.424 e. The molecule has 1 fully saturated rings. The second-order valence-corrected chi connectivity index (χ2v) is 14.8. The highest BCUT2D eigenvalue weighted by Crippen LogP contribution is 2.36. The molecule has 1 aromatic rings. The van der Waals surface area contributed by atoms with Gasteiger partial charge in [0.15, 0.2) is 8.32 Å². The van der Waals surface area contributed by atoms with Crippen molar-refractivity contribution in [2.45, 2.75) is 83.1 Å². The molecule has 1 aromatic carbocycles. The number of hydrazine groups is 1. The SMILES string of the molecule is COC(=O)CC[C@H](CCCO[Si](C)(C)C(C)(C)C)NN1C(=O)OC[C@@H]1Cc1ccccc1. The van der Waals surface area contributed by atoms with Crippen molar-refractivity contribution in [2.24, 2.45) is 0 Å². The summed E-state index contributed by atoms with van der Waals surface area (Å²) in [4.78, 5) is 24.1. The van der Waals surface area contributed by atoms with Crippen molar-refractivity contribution in [1.82, 2.24) is 10.4 Å². The van der Waals surface area contributed by atoms with E-state index in [0.29, 0.717) is 32.5 Å². The van der Waals surface area contributed by atoms with E-state index in [2.05, 4.69) is 39.3 Å². The molecule has 7 nitrogen and oxygen atoms in total. The second-order valence-electron chi connectivity index (χ2n) is 9.98. The third-order valence-corrected chi connectivity index (χ3v) is 11.0. The van der Waals surface area contributed by atoms with Gasteiger partial charge in [-0.1, -0.05) is 51.1 Å². The van der Waals surface area contributed by atoms with E-state index in [1.165, 1.54) is 7.11 Å². The zero-order chi connectivity index (χ0) is 23.8. The number of nitrogens with one attached hydrogen (secondary N) is 1. The van der Waals surface area contributed by atoms with Crippen molar-refractivity contribution >= 4 is 20.4 Å². The summed E-state index contributed by atoms with van der Waals surface area (Å²) in [7, 11) is -0.405. The first-order valence-electron chi connectivity index (χ1n) is 11.5. The molecule has 8 heteroatoms. The molecule has 1 aliphatic heterocycles. The third-order valence-electron chi connectivity index (χ3n) is 6.49. The Morgan fingerprint density at radius 1 is 1.25 bits per heavy atom. The standard InChI is InChI=1S/C24H40N2O5Si/c1-24(2,3)32(5,6)31-16-10-13-20(14-15-22(27)29-4)25-26-21(18-30-23(26)28)17-19-11-8-7-9-12-19/h7-9,11-12,20-21,25H,10,13-18H2,1-6H3/t20-,21-/m0/s1. The Balaban J connectivity index is 1.97. The largest absolute Gasteiger partial charge is 0.469 e. The van der Waals surface area contributed by atoms with Crippen LogP contribution in [0.3, 0.4) is 0 Å². The number of hydrogen-bond donors (Lipinski definition) is 1. The summed E-state index contributed by atoms with van der Waals surface area (Å²) in [5.41, 5.74) is 4.50. The van der Waals surface area contributed by atoms with Gasteiger partial charge in [-0.2, -0.15) is 0 Å². The van der Waals surface area contributed by atoms with Crippen molar-refractivity contribution in [2.75, 3.05) is 20.3 Å². The maximum absolute atomic E-state index is 12.4. The topological polar surface area (TPSA) is 77.1 Å². The van der Waals surface area contributed by atoms with E-state index in [1.54, 1.807) is 5.01 Å². The normalized spacial score (nSPS) is 17.9. The van der Waals surface area contributed by atoms with Crippen LogP contribution in [0.5, 0.6) is 0 Å². The number of hydrogen-bond acceptors (Lipinski definition) is 6. The number of esters is 1. The lowest BCUT2D eigenvalue weighted by Crippen LogP contribution is -2.50. The summed E-state index contributed by atoms with van der Waals surface area (Å²) >= 11 is 0. The van der Waals surface area contributed by atoms with Crippen LogP contribution in [0.15, 0.2) is 30.3 Å². The molecule has 1 heterocycles. The highest BCUT2D eigenvalue weighted by atomic mass is 28.4. The molecule has 1 N–H and O–H groups in total. The van der Waals surface area contributed by atoms with Crippen molar-refractivity contribution in [3.8, 4) is 0 Å². The Morgan fingerprint density at radius 3 is 2.56 bits per heavy atom. The van der Waals surface area contributed by atoms with Crippen LogP contribution in [0, 0.1) is 0 Å². The number of nitrogens with zero attached hydrogens (tertiary/aromatic N) is 1. The molecule has 0 spiro atoms. The van der Waals surface area contributed by atoms with Crippen LogP contribution >= 0.6 is 0 Å². The third kappa shape index (κ3) is 7.90. The van der Waals surface area contributed by atoms with E-state index in [4.69, 9.17) is 13.9 Å². The number of cyclic esters (lactones) is 1. The average Bonchev–Trinajstić information content (AvgIpc) is 3.07. The van der Waals surface area contributed by atoms with E-state index in [0.717, 1.165) is 18.4 Å². The Morgan fingerprint density at radius 2 is 1.94 bits per heavy atom. The number of benzene rings is 1. The monoisotopic (exact) mass is 464 g/mol. The van der Waals surface area contributed by atoms with Gasteiger partial charge in [0.05, 0.1) is 13.2 Å². The average molecular weight is 465 g/mol. The lowest BCUT2D eigenvalue weighted by molar-refractivity contribution is -0.140. The number of ether oxygens (including phenoxy) is 2. The summed E-state index contributed by atoms with van der Waals surface area (Å²) in [5, 5.41) is 1.77. The lowest BCUT2D eigenvalue weighted by Gasteiger charge is -2.36. The van der Waals surface area contributed by atoms with Crippen molar-refractivity contribution in [3.05, 3.63) is 35.9 Å². The fourth-order valence-electron chi connectivity index (χ4n) is 3.39. The zero-order valence-corrected chi connectivity index (χ0v) is 21.5. The fourth-order valence-corrected chi connectivity index (χ4v) is 4.48. The van der Waals surface area contributed by atoms with Gasteiger partial charge in [0.1, 0.15) is 6.61 Å². The molecule has 0 unspecified atom stereocenters. The van der Waals surface area contributed by atoms with Gasteiger partial charge in [0, 0.05) is 19.1 Å². The van der Waals surface area contributed by atoms with E-state index in [9.17, 15) is 9.59 Å². The highest BCUT2D eigenvalue weighted by molar-refractivity contribution is 6.74. The minimum Gasteiger partial charge on any atom is -0.469 e. The van der Waals surface area contributed by atoms with Gasteiger partial charge < -0.3 is 13.9 Å². The van der Waals surface area contributed by atoms with Crippen LogP contribution in [0.4, 0.5) is 4.79 Å². The van der Waals surface area contributed by atoms with Crippen LogP contribution < -0.4 is 5.43 Å². The van der Waals surface area contributed by atoms with Crippen LogP contribution in [0.2, 0.25) is 18.1 Å². The molecule has 2 atom stereocenters. The Kier molecular flexibility index (Phi) is 9.73. The van der Waals surface area contributed by atoms with Gasteiger partial charge in [-0.3, -0.25) is 4.79 Å². The summed E-state index contributed by atoms with van der Waals surface area (Å²) in [6.45, 7) is 12.2. The predicted octanol–water partition coefficient (Wildman–Crippen LogP) is 4.68. The van der Waals surface area contributed by atoms with Gasteiger partial charge in [-0.05, 0) is 49.4 Å². The van der Waals surface area contributed by atoms with Gasteiger partial charge in [0.2, 0.25) is 0 Å². The van der Waals surface area contributed by atoms with Crippen molar-refractivity contribution < 1.29 is 23.5 Å². The van der Waals surface area contributed by atoms with E-state index >= 15 is 0 Å². The highest BCUT2D eigenvalue weighted by Gasteiger charge is 2.37. The molecule has 1 aliphatic rings. The first-order valence-corrected chi connectivity index (χ1v) is 14.4. The van der Waals surface area contributed by atoms with Crippen LogP contribution in [0.25, 0.3) is 0 Å². The fraction of sp³-hybridized carbons (Fsp3) is 0.667. The lowest BCUT2D eigenvalue weighted by atomic mass is 10.1. The molecule has 2 rings (SSSR count). The number of carbonyl (C=O) groups excluding carboxylic acids is 2. The van der Waals surface area contributed by atoms with Crippen LogP contribution in [-0.2, 0) is 25.1 Å². The molecular weight excluding hydrogens is 424 g/mol. The van der Waals surface area contributed by atoms with Crippen molar-refractivity contribution in [3.63, 3.8) is 0 Å². The van der Waals surface area contributed by atoms with Crippen LogP contribution in [0.1, 0.15) is 52.0 Å². The molecule has 0 aromatic heterocycles. The molecular formula is C24H40N2O5Si. The minimum atomic E-state index is -1.80. The summed E-state index contributed by atoms with van der Waals surface area (Å²) in [6.07, 6.45) is 2.84. The predicted molar refractivity (Wildman–Crippen MR) is 128 cm³/mol. The molecule has 180 valence electrons. The first-order chi connectivity index (χ1) is 15.0. The van der Waals surface area contributed by atoms with E-state index in [-0.39, 0.29) is 29.2 Å². The minimum absolute atomic E-state index is 0.0546. The molecule has 0 radical (unpaired) electrons. The van der Waals surface area contributed by atoms with Gasteiger partial charge in [-0.25, -0.2) is 15.2 Å².